The quantitative estimate of drug-likeness (QED) is 0.639. The molecule has 0 unspecified atom stereocenters. The first-order chi connectivity index (χ1) is 13.8. The summed E-state index contributed by atoms with van der Waals surface area (Å²) in [7, 11) is 0. The van der Waals surface area contributed by atoms with Crippen LogP contribution in [0.2, 0.25) is 0 Å². The molecule has 0 aliphatic carbocycles. The van der Waals surface area contributed by atoms with Crippen LogP contribution in [0.15, 0.2) is 42.6 Å². The molecular formula is C22H24FN3O3. The van der Waals surface area contributed by atoms with E-state index < -0.39 is 11.7 Å². The molecule has 0 spiro atoms. The number of anilines is 1. The summed E-state index contributed by atoms with van der Waals surface area (Å²) in [6.07, 6.45) is 1.22. The lowest BCUT2D eigenvalue weighted by Crippen LogP contribution is -2.36. The van der Waals surface area contributed by atoms with Crippen molar-refractivity contribution in [3.63, 3.8) is 0 Å². The van der Waals surface area contributed by atoms with Gasteiger partial charge in [-0.15, -0.1) is 0 Å². The van der Waals surface area contributed by atoms with Crippen LogP contribution in [-0.4, -0.2) is 47.5 Å². The minimum atomic E-state index is -0.649. The molecule has 1 aromatic carbocycles. The number of nitrogens with zero attached hydrogens (tertiary/aromatic N) is 3. The zero-order valence-electron chi connectivity index (χ0n) is 16.8. The van der Waals surface area contributed by atoms with E-state index in [4.69, 9.17) is 9.47 Å². The highest BCUT2D eigenvalue weighted by atomic mass is 19.1. The van der Waals surface area contributed by atoms with Crippen LogP contribution in [0.1, 0.15) is 20.8 Å². The Morgan fingerprint density at radius 3 is 2.55 bits per heavy atom. The minimum Gasteiger partial charge on any atom is -0.443 e. The molecule has 0 amide bonds. The van der Waals surface area contributed by atoms with E-state index in [1.807, 2.05) is 32.9 Å². The fourth-order valence-corrected chi connectivity index (χ4v) is 3.42. The molecule has 6 nitrogen and oxygen atoms in total. The van der Waals surface area contributed by atoms with E-state index in [2.05, 4.69) is 9.88 Å². The Balaban J connectivity index is 1.76. The number of hydrogen-bond acceptors (Lipinski definition) is 5. The SMILES string of the molecule is CC(C)(C)OC(=O)n1c(-c2ccc(N3CCOCC3)nc2)cc2cc(F)ccc21. The van der Waals surface area contributed by atoms with E-state index >= 15 is 0 Å². The van der Waals surface area contributed by atoms with Crippen LogP contribution < -0.4 is 4.90 Å². The number of pyridine rings is 1. The van der Waals surface area contributed by atoms with Crippen molar-refractivity contribution < 1.29 is 18.7 Å². The Labute approximate surface area is 168 Å². The van der Waals surface area contributed by atoms with Gasteiger partial charge in [0.2, 0.25) is 0 Å². The first-order valence-electron chi connectivity index (χ1n) is 9.65. The third kappa shape index (κ3) is 4.10. The van der Waals surface area contributed by atoms with E-state index in [-0.39, 0.29) is 5.82 Å². The summed E-state index contributed by atoms with van der Waals surface area (Å²) in [5.41, 5.74) is 1.31. The monoisotopic (exact) mass is 397 g/mol. The number of benzene rings is 1. The predicted molar refractivity (Wildman–Crippen MR) is 110 cm³/mol. The molecule has 0 N–H and O–H groups in total. The average Bonchev–Trinajstić information content (AvgIpc) is 3.06. The molecule has 1 fully saturated rings. The Hall–Kier alpha value is -2.93. The second-order valence-electron chi connectivity index (χ2n) is 8.05. The van der Waals surface area contributed by atoms with E-state index in [0.29, 0.717) is 29.8 Å². The highest BCUT2D eigenvalue weighted by Crippen LogP contribution is 2.30. The van der Waals surface area contributed by atoms with Gasteiger partial charge in [0.25, 0.3) is 0 Å². The Bertz CT molecular complexity index is 1030. The standard InChI is InChI=1S/C22H24FN3O3/c1-22(2,3)29-21(27)26-18-6-5-17(23)12-16(18)13-19(26)15-4-7-20(24-14-15)25-8-10-28-11-9-25/h4-7,12-14H,8-11H2,1-3H3. The molecule has 7 heteroatoms. The number of carbonyl (C=O) groups is 1. The molecule has 0 radical (unpaired) electrons. The van der Waals surface area contributed by atoms with Crippen molar-refractivity contribution in [3.8, 4) is 11.3 Å². The molecule has 1 aliphatic heterocycles. The van der Waals surface area contributed by atoms with E-state index in [1.165, 1.54) is 16.7 Å². The van der Waals surface area contributed by atoms with Crippen molar-refractivity contribution in [1.29, 1.82) is 0 Å². The van der Waals surface area contributed by atoms with Gasteiger partial charge in [-0.25, -0.2) is 18.7 Å². The maximum atomic E-state index is 13.8. The van der Waals surface area contributed by atoms with E-state index in [1.54, 1.807) is 18.3 Å². The van der Waals surface area contributed by atoms with Crippen LogP contribution >= 0.6 is 0 Å². The third-order valence-corrected chi connectivity index (χ3v) is 4.72. The average molecular weight is 397 g/mol. The van der Waals surface area contributed by atoms with Crippen molar-refractivity contribution in [2.24, 2.45) is 0 Å². The highest BCUT2D eigenvalue weighted by molar-refractivity contribution is 5.96. The van der Waals surface area contributed by atoms with E-state index in [0.717, 1.165) is 24.5 Å². The molecule has 0 atom stereocenters. The second-order valence-corrected chi connectivity index (χ2v) is 8.05. The molecule has 2 aromatic heterocycles. The van der Waals surface area contributed by atoms with Crippen LogP contribution in [0.5, 0.6) is 0 Å². The summed E-state index contributed by atoms with van der Waals surface area (Å²) in [6.45, 7) is 8.40. The van der Waals surface area contributed by atoms with Gasteiger partial charge in [0.1, 0.15) is 17.2 Å². The summed E-state index contributed by atoms with van der Waals surface area (Å²) in [5.74, 6) is 0.509. The van der Waals surface area contributed by atoms with Crippen LogP contribution in [-0.2, 0) is 9.47 Å². The Morgan fingerprint density at radius 2 is 1.90 bits per heavy atom. The number of morpholine rings is 1. The van der Waals surface area contributed by atoms with Crippen molar-refractivity contribution in [2.75, 3.05) is 31.2 Å². The molecule has 3 aromatic rings. The maximum absolute atomic E-state index is 13.8. The van der Waals surface area contributed by atoms with Crippen LogP contribution in [0.4, 0.5) is 15.0 Å². The fourth-order valence-electron chi connectivity index (χ4n) is 3.42. The van der Waals surface area contributed by atoms with E-state index in [9.17, 15) is 9.18 Å². The molecule has 0 bridgehead atoms. The van der Waals surface area contributed by atoms with Gasteiger partial charge < -0.3 is 14.4 Å². The Morgan fingerprint density at radius 1 is 1.14 bits per heavy atom. The number of carbonyl (C=O) groups excluding carboxylic acids is 1. The maximum Gasteiger partial charge on any atom is 0.419 e. The van der Waals surface area contributed by atoms with Crippen LogP contribution in [0, 0.1) is 5.82 Å². The number of rotatable bonds is 2. The normalized spacial score (nSPS) is 15.0. The first-order valence-corrected chi connectivity index (χ1v) is 9.65. The number of aromatic nitrogens is 2. The lowest BCUT2D eigenvalue weighted by molar-refractivity contribution is 0.0547. The third-order valence-electron chi connectivity index (χ3n) is 4.72. The lowest BCUT2D eigenvalue weighted by Gasteiger charge is -2.27. The van der Waals surface area contributed by atoms with Gasteiger partial charge in [0.15, 0.2) is 0 Å². The lowest BCUT2D eigenvalue weighted by atomic mass is 10.2. The van der Waals surface area contributed by atoms with Gasteiger partial charge >= 0.3 is 6.09 Å². The van der Waals surface area contributed by atoms with Gasteiger partial charge in [-0.3, -0.25) is 0 Å². The van der Waals surface area contributed by atoms with Gasteiger partial charge in [0, 0.05) is 30.2 Å². The van der Waals surface area contributed by atoms with Gasteiger partial charge in [-0.1, -0.05) is 0 Å². The summed E-state index contributed by atoms with van der Waals surface area (Å²) in [6, 6.07) is 9.98. The number of halogens is 1. The predicted octanol–water partition coefficient (Wildman–Crippen LogP) is 4.46. The molecule has 4 rings (SSSR count). The van der Waals surface area contributed by atoms with Crippen LogP contribution in [0.25, 0.3) is 22.2 Å². The minimum absolute atomic E-state index is 0.355. The number of fused-ring (bicyclic) bond motifs is 1. The largest absolute Gasteiger partial charge is 0.443 e. The van der Waals surface area contributed by atoms with Crippen molar-refractivity contribution >= 4 is 22.8 Å². The molecule has 3 heterocycles. The summed E-state index contributed by atoms with van der Waals surface area (Å²) in [5, 5.41) is 0.628. The summed E-state index contributed by atoms with van der Waals surface area (Å²) in [4.78, 5) is 19.7. The second kappa shape index (κ2) is 7.48. The molecular weight excluding hydrogens is 373 g/mol. The van der Waals surface area contributed by atoms with Gasteiger partial charge in [-0.05, 0) is 57.2 Å². The highest BCUT2D eigenvalue weighted by Gasteiger charge is 2.23. The fraction of sp³-hybridized carbons (Fsp3) is 0.364. The summed E-state index contributed by atoms with van der Waals surface area (Å²) < 4.78 is 26.2. The topological polar surface area (TPSA) is 56.6 Å². The number of hydrogen-bond donors (Lipinski definition) is 0. The summed E-state index contributed by atoms with van der Waals surface area (Å²) >= 11 is 0. The molecule has 152 valence electrons. The van der Waals surface area contributed by atoms with Crippen molar-refractivity contribution in [2.45, 2.75) is 26.4 Å². The first kappa shape index (κ1) is 19.4. The smallest absolute Gasteiger partial charge is 0.419 e. The van der Waals surface area contributed by atoms with Crippen LogP contribution in [0.3, 0.4) is 0 Å². The zero-order valence-corrected chi connectivity index (χ0v) is 16.8. The van der Waals surface area contributed by atoms with Crippen molar-refractivity contribution in [1.82, 2.24) is 9.55 Å². The van der Waals surface area contributed by atoms with Gasteiger partial charge in [0.05, 0.1) is 24.4 Å². The Kier molecular flexibility index (Phi) is 5.00. The molecule has 1 aliphatic rings. The van der Waals surface area contributed by atoms with Gasteiger partial charge in [-0.2, -0.15) is 0 Å². The van der Waals surface area contributed by atoms with Crippen molar-refractivity contribution in [3.05, 3.63) is 48.4 Å². The molecule has 0 saturated carbocycles. The zero-order chi connectivity index (χ0) is 20.6. The molecule has 1 saturated heterocycles. The number of ether oxygens (including phenoxy) is 2. The molecule has 29 heavy (non-hydrogen) atoms.